The van der Waals surface area contributed by atoms with E-state index in [0.717, 1.165) is 23.3 Å². The molecule has 5 nitrogen and oxygen atoms in total. The molecule has 0 aliphatic heterocycles. The fraction of sp³-hybridized carbons (Fsp3) is 0.0938. The smallest absolute Gasteiger partial charge is 0.335 e. The lowest BCUT2D eigenvalue weighted by atomic mass is 9.72. The zero-order valence-corrected chi connectivity index (χ0v) is 20.3. The predicted octanol–water partition coefficient (Wildman–Crippen LogP) is 6.31. The number of carbonyl (C=O) groups is 3. The Morgan fingerprint density at radius 3 is 1.73 bits per heavy atom. The lowest BCUT2D eigenvalue weighted by Gasteiger charge is -2.31. The van der Waals surface area contributed by atoms with Gasteiger partial charge in [0, 0.05) is 51.1 Å². The average molecular weight is 489 g/mol. The molecular weight excluding hydrogens is 464 g/mol. The van der Waals surface area contributed by atoms with Gasteiger partial charge in [-0.1, -0.05) is 92.9 Å². The van der Waals surface area contributed by atoms with Crippen molar-refractivity contribution in [2.24, 2.45) is 0 Å². The highest BCUT2D eigenvalue weighted by molar-refractivity contribution is 6.13. The quantitative estimate of drug-likeness (QED) is 0.159. The van der Waals surface area contributed by atoms with Gasteiger partial charge in [-0.2, -0.15) is 0 Å². The summed E-state index contributed by atoms with van der Waals surface area (Å²) in [6.45, 7) is 9.07. The van der Waals surface area contributed by atoms with Gasteiger partial charge in [-0.05, 0) is 17.5 Å². The first-order valence-corrected chi connectivity index (χ1v) is 12.0. The summed E-state index contributed by atoms with van der Waals surface area (Å²) in [7, 11) is 0. The zero-order chi connectivity index (χ0) is 26.1. The van der Waals surface area contributed by atoms with E-state index in [4.69, 9.17) is 9.47 Å². The van der Waals surface area contributed by atoms with Gasteiger partial charge in [-0.3, -0.25) is 4.79 Å². The van der Waals surface area contributed by atoms with Gasteiger partial charge in [0.15, 0.2) is 5.78 Å². The summed E-state index contributed by atoms with van der Waals surface area (Å²) >= 11 is 0. The Balaban J connectivity index is 1.96. The number of benzene rings is 4. The summed E-state index contributed by atoms with van der Waals surface area (Å²) in [6.07, 6.45) is 2.69. The van der Waals surface area contributed by atoms with E-state index in [-0.39, 0.29) is 5.78 Å². The van der Waals surface area contributed by atoms with Crippen molar-refractivity contribution in [3.63, 3.8) is 0 Å². The number of ketones is 1. The lowest BCUT2D eigenvalue weighted by Crippen LogP contribution is -2.23. The van der Waals surface area contributed by atoms with Crippen LogP contribution in [0.2, 0.25) is 0 Å². The van der Waals surface area contributed by atoms with Gasteiger partial charge in [-0.25, -0.2) is 9.59 Å². The number of hydrogen-bond donors (Lipinski definition) is 0. The predicted molar refractivity (Wildman–Crippen MR) is 142 cm³/mol. The molecule has 0 heterocycles. The van der Waals surface area contributed by atoms with Crippen LogP contribution in [-0.2, 0) is 16.0 Å². The van der Waals surface area contributed by atoms with Gasteiger partial charge in [0.2, 0.25) is 0 Å². The van der Waals surface area contributed by atoms with Gasteiger partial charge in [0.1, 0.15) is 11.5 Å². The van der Waals surface area contributed by atoms with E-state index in [1.54, 1.807) is 12.1 Å². The summed E-state index contributed by atoms with van der Waals surface area (Å²) in [6, 6.07) is 22.2. The maximum atomic E-state index is 13.4. The average Bonchev–Trinajstić information content (AvgIpc) is 2.94. The van der Waals surface area contributed by atoms with Crippen LogP contribution in [0.1, 0.15) is 51.0 Å². The molecule has 0 unspecified atom stereocenters. The molecule has 0 saturated heterocycles. The van der Waals surface area contributed by atoms with Gasteiger partial charge >= 0.3 is 11.9 Å². The SMILES string of the molecule is C=CC(=O)Oc1c(CC)c(C2c3ccccc3C(=O)c3ccccc32)c(OC(=O)C=C)c2ccccc12. The molecule has 0 aromatic heterocycles. The Bertz CT molecular complexity index is 1560. The van der Waals surface area contributed by atoms with Crippen molar-refractivity contribution in [2.75, 3.05) is 0 Å². The number of esters is 2. The molecule has 182 valence electrons. The van der Waals surface area contributed by atoms with Crippen molar-refractivity contribution >= 4 is 28.5 Å². The molecule has 0 saturated carbocycles. The number of rotatable bonds is 6. The molecule has 0 radical (unpaired) electrons. The Labute approximate surface area is 214 Å². The van der Waals surface area contributed by atoms with Gasteiger partial charge in [0.05, 0.1) is 0 Å². The first-order valence-electron chi connectivity index (χ1n) is 12.0. The molecule has 0 spiro atoms. The molecule has 5 rings (SSSR count). The summed E-state index contributed by atoms with van der Waals surface area (Å²) in [5.74, 6) is -1.01. The lowest BCUT2D eigenvalue weighted by molar-refractivity contribution is -0.130. The molecule has 5 heteroatoms. The fourth-order valence-corrected chi connectivity index (χ4v) is 5.15. The van der Waals surface area contributed by atoms with Gasteiger partial charge in [0.25, 0.3) is 0 Å². The van der Waals surface area contributed by atoms with Crippen LogP contribution >= 0.6 is 0 Å². The summed E-state index contributed by atoms with van der Waals surface area (Å²) < 4.78 is 11.8. The molecule has 0 fully saturated rings. The highest BCUT2D eigenvalue weighted by atomic mass is 16.5. The van der Waals surface area contributed by atoms with Crippen molar-refractivity contribution in [1.29, 1.82) is 0 Å². The molecule has 0 N–H and O–H groups in total. The molecule has 1 aliphatic carbocycles. The first kappa shape index (κ1) is 23.9. The van der Waals surface area contributed by atoms with Crippen LogP contribution in [-0.4, -0.2) is 17.7 Å². The summed E-state index contributed by atoms with van der Waals surface area (Å²) in [5.41, 5.74) is 4.08. The minimum absolute atomic E-state index is 0.0655. The normalized spacial score (nSPS) is 12.4. The number of carbonyl (C=O) groups excluding carboxylic acids is 3. The van der Waals surface area contributed by atoms with E-state index in [1.165, 1.54) is 0 Å². The molecule has 1 aliphatic rings. The minimum atomic E-state index is -0.613. The van der Waals surface area contributed by atoms with Crippen molar-refractivity contribution in [3.05, 3.63) is 131 Å². The molecular formula is C32H24O5. The minimum Gasteiger partial charge on any atom is -0.422 e. The third kappa shape index (κ3) is 3.95. The Morgan fingerprint density at radius 2 is 1.22 bits per heavy atom. The topological polar surface area (TPSA) is 69.7 Å². The second kappa shape index (κ2) is 9.70. The van der Waals surface area contributed by atoms with E-state index in [9.17, 15) is 14.4 Å². The van der Waals surface area contributed by atoms with Crippen molar-refractivity contribution < 1.29 is 23.9 Å². The Kier molecular flexibility index (Phi) is 6.28. The maximum absolute atomic E-state index is 13.4. The van der Waals surface area contributed by atoms with E-state index in [0.29, 0.717) is 50.9 Å². The highest BCUT2D eigenvalue weighted by Crippen LogP contribution is 2.51. The van der Waals surface area contributed by atoms with Crippen LogP contribution in [0.3, 0.4) is 0 Å². The van der Waals surface area contributed by atoms with E-state index in [1.807, 2.05) is 67.6 Å². The van der Waals surface area contributed by atoms with Crippen LogP contribution in [0, 0.1) is 0 Å². The molecule has 0 bridgehead atoms. The second-order valence-corrected chi connectivity index (χ2v) is 8.64. The van der Waals surface area contributed by atoms with Crippen molar-refractivity contribution in [3.8, 4) is 11.5 Å². The van der Waals surface area contributed by atoms with Crippen molar-refractivity contribution in [1.82, 2.24) is 0 Å². The fourth-order valence-electron chi connectivity index (χ4n) is 5.15. The molecule has 4 aromatic rings. The van der Waals surface area contributed by atoms with E-state index >= 15 is 0 Å². The van der Waals surface area contributed by atoms with Crippen LogP contribution in [0.25, 0.3) is 10.8 Å². The highest BCUT2D eigenvalue weighted by Gasteiger charge is 2.37. The monoisotopic (exact) mass is 488 g/mol. The number of ether oxygens (including phenoxy) is 2. The summed E-state index contributed by atoms with van der Waals surface area (Å²) in [4.78, 5) is 38.5. The molecule has 0 amide bonds. The van der Waals surface area contributed by atoms with Crippen LogP contribution < -0.4 is 9.47 Å². The largest absolute Gasteiger partial charge is 0.422 e. The molecule has 4 aromatic carbocycles. The van der Waals surface area contributed by atoms with Crippen LogP contribution in [0.5, 0.6) is 11.5 Å². The number of hydrogen-bond acceptors (Lipinski definition) is 5. The van der Waals surface area contributed by atoms with Crippen molar-refractivity contribution in [2.45, 2.75) is 19.3 Å². The van der Waals surface area contributed by atoms with Crippen LogP contribution in [0.15, 0.2) is 98.1 Å². The number of fused-ring (bicyclic) bond motifs is 3. The van der Waals surface area contributed by atoms with Crippen LogP contribution in [0.4, 0.5) is 0 Å². The molecule has 37 heavy (non-hydrogen) atoms. The second-order valence-electron chi connectivity index (χ2n) is 8.64. The first-order chi connectivity index (χ1) is 18.0. The standard InChI is InChI=1S/C32H24O5/c1-4-19-29(28-20-13-7-9-15-22(20)30(35)23-16-10-8-14-21(23)28)32(37-27(34)6-3)25-18-12-11-17-24(25)31(19)36-26(33)5-2/h5-18,28H,2-4H2,1H3. The maximum Gasteiger partial charge on any atom is 0.335 e. The third-order valence-corrected chi connectivity index (χ3v) is 6.67. The zero-order valence-electron chi connectivity index (χ0n) is 20.3. The van der Waals surface area contributed by atoms with Gasteiger partial charge < -0.3 is 9.47 Å². The van der Waals surface area contributed by atoms with Gasteiger partial charge in [-0.15, -0.1) is 0 Å². The summed E-state index contributed by atoms with van der Waals surface area (Å²) in [5, 5.41) is 1.22. The molecule has 0 atom stereocenters. The third-order valence-electron chi connectivity index (χ3n) is 6.67. The Hall–Kier alpha value is -4.77. The van der Waals surface area contributed by atoms with E-state index < -0.39 is 17.9 Å². The van der Waals surface area contributed by atoms with E-state index in [2.05, 4.69) is 13.2 Å². The Morgan fingerprint density at radius 1 is 0.757 bits per heavy atom.